The number of hydrogen-bond acceptors (Lipinski definition) is 6. The van der Waals surface area contributed by atoms with Gasteiger partial charge >= 0.3 is 6.18 Å². The number of hydrogen-bond donors (Lipinski definition) is 3. The van der Waals surface area contributed by atoms with Crippen molar-refractivity contribution in [1.82, 2.24) is 4.98 Å². The van der Waals surface area contributed by atoms with Crippen molar-refractivity contribution in [3.8, 4) is 11.5 Å². The van der Waals surface area contributed by atoms with Gasteiger partial charge in [-0.25, -0.2) is 4.98 Å². The zero-order chi connectivity index (χ0) is 26.1. The first kappa shape index (κ1) is 26.9. The number of benzene rings is 2. The van der Waals surface area contributed by atoms with Crippen molar-refractivity contribution in [3.05, 3.63) is 66.4 Å². The zero-order valence-electron chi connectivity index (χ0n) is 19.6. The Bertz CT molecular complexity index is 1190. The van der Waals surface area contributed by atoms with Crippen LogP contribution in [0, 0.1) is 5.92 Å². The van der Waals surface area contributed by atoms with Crippen LogP contribution in [0.3, 0.4) is 0 Å². The van der Waals surface area contributed by atoms with Crippen molar-refractivity contribution in [1.29, 1.82) is 0 Å². The summed E-state index contributed by atoms with van der Waals surface area (Å²) in [5.41, 5.74) is 0.400. The third-order valence-corrected chi connectivity index (χ3v) is 5.71. The van der Waals surface area contributed by atoms with Gasteiger partial charge < -0.3 is 20.7 Å². The van der Waals surface area contributed by atoms with Gasteiger partial charge in [0.05, 0.1) is 5.56 Å². The molecule has 2 amide bonds. The fraction of sp³-hybridized carbons (Fsp3) is 0.240. The van der Waals surface area contributed by atoms with Crippen LogP contribution in [-0.4, -0.2) is 30.6 Å². The van der Waals surface area contributed by atoms with Crippen molar-refractivity contribution in [2.75, 3.05) is 29.3 Å². The second-order valence-corrected chi connectivity index (χ2v) is 8.61. The maximum absolute atomic E-state index is 12.4. The lowest BCUT2D eigenvalue weighted by Crippen LogP contribution is -2.14. The molecule has 7 nitrogen and oxygen atoms in total. The molecule has 2 aromatic carbocycles. The Morgan fingerprint density at radius 3 is 2.36 bits per heavy atom. The summed E-state index contributed by atoms with van der Waals surface area (Å²) in [6.07, 6.45) is 1.18. The molecule has 0 saturated heterocycles. The van der Waals surface area contributed by atoms with Crippen LogP contribution in [0.25, 0.3) is 0 Å². The molecule has 1 aromatic heterocycles. The van der Waals surface area contributed by atoms with Crippen molar-refractivity contribution in [2.24, 2.45) is 5.92 Å². The van der Waals surface area contributed by atoms with Crippen LogP contribution in [0.2, 0.25) is 0 Å². The molecule has 11 heteroatoms. The van der Waals surface area contributed by atoms with Gasteiger partial charge in [-0.15, -0.1) is 11.8 Å². The minimum absolute atomic E-state index is 0.0398. The van der Waals surface area contributed by atoms with Gasteiger partial charge in [0, 0.05) is 41.5 Å². The molecule has 0 unspecified atom stereocenters. The Labute approximate surface area is 210 Å². The molecule has 1 heterocycles. The van der Waals surface area contributed by atoms with Crippen LogP contribution >= 0.6 is 11.8 Å². The number of anilines is 3. The molecule has 1 aliphatic carbocycles. The molecule has 0 atom stereocenters. The first-order chi connectivity index (χ1) is 17.2. The van der Waals surface area contributed by atoms with Crippen LogP contribution in [0.1, 0.15) is 18.4 Å². The fourth-order valence-electron chi connectivity index (χ4n) is 2.97. The van der Waals surface area contributed by atoms with E-state index in [-0.39, 0.29) is 17.5 Å². The lowest BCUT2D eigenvalue weighted by Gasteiger charge is -2.10. The summed E-state index contributed by atoms with van der Waals surface area (Å²) in [5, 5.41) is 8.06. The molecule has 1 aliphatic rings. The van der Waals surface area contributed by atoms with Crippen molar-refractivity contribution >= 4 is 41.3 Å². The molecule has 4 rings (SSSR count). The number of aromatic nitrogens is 1. The maximum atomic E-state index is 12.4. The molecule has 0 bridgehead atoms. The van der Waals surface area contributed by atoms with Crippen LogP contribution in [-0.2, 0) is 15.8 Å². The summed E-state index contributed by atoms with van der Waals surface area (Å²) >= 11 is 1.18. The van der Waals surface area contributed by atoms with E-state index in [0.717, 1.165) is 36.4 Å². The highest BCUT2D eigenvalue weighted by molar-refractivity contribution is 7.98. The van der Waals surface area contributed by atoms with E-state index in [0.29, 0.717) is 22.9 Å². The molecular formula is C25H25F3N4O3S. The summed E-state index contributed by atoms with van der Waals surface area (Å²) in [6, 6.07) is 14.6. The van der Waals surface area contributed by atoms with E-state index in [1.165, 1.54) is 17.8 Å². The summed E-state index contributed by atoms with van der Waals surface area (Å²) < 4.78 is 43.0. The Morgan fingerprint density at radius 2 is 1.78 bits per heavy atom. The Balaban J connectivity index is 0.000000214. The summed E-state index contributed by atoms with van der Waals surface area (Å²) in [7, 11) is 1.87. The first-order valence-electron chi connectivity index (χ1n) is 10.9. The molecule has 3 N–H and O–H groups in total. The number of ether oxygens (including phenoxy) is 1. The Morgan fingerprint density at radius 1 is 1.06 bits per heavy atom. The van der Waals surface area contributed by atoms with Gasteiger partial charge in [0.25, 0.3) is 0 Å². The summed E-state index contributed by atoms with van der Waals surface area (Å²) in [5.74, 6) is 2.10. The molecule has 1 saturated carbocycles. The van der Waals surface area contributed by atoms with Crippen molar-refractivity contribution in [2.45, 2.75) is 23.9 Å². The quantitative estimate of drug-likeness (QED) is 0.241. The van der Waals surface area contributed by atoms with Gasteiger partial charge in [0.15, 0.2) is 0 Å². The number of rotatable bonds is 8. The first-order valence-corrected chi connectivity index (χ1v) is 12.1. The van der Waals surface area contributed by atoms with Gasteiger partial charge in [0.1, 0.15) is 17.3 Å². The van der Waals surface area contributed by atoms with Gasteiger partial charge in [-0.05, 0) is 67.6 Å². The molecule has 1 fully saturated rings. The minimum atomic E-state index is -4.40. The van der Waals surface area contributed by atoms with Crippen LogP contribution in [0.15, 0.2) is 65.7 Å². The molecule has 36 heavy (non-hydrogen) atoms. The highest BCUT2D eigenvalue weighted by Gasteiger charge is 2.31. The normalized spacial score (nSPS) is 12.6. The second kappa shape index (κ2) is 12.3. The second-order valence-electron chi connectivity index (χ2n) is 7.73. The number of halogens is 3. The fourth-order valence-corrected chi connectivity index (χ4v) is 3.46. The minimum Gasteiger partial charge on any atom is -0.457 e. The highest BCUT2D eigenvalue weighted by atomic mass is 32.2. The number of carbonyl (C=O) groups excluding carboxylic acids is 2. The summed E-state index contributed by atoms with van der Waals surface area (Å²) in [6.45, 7) is 0. The predicted octanol–water partition coefficient (Wildman–Crippen LogP) is 6.26. The zero-order valence-corrected chi connectivity index (χ0v) is 20.4. The van der Waals surface area contributed by atoms with E-state index in [1.54, 1.807) is 24.6 Å². The van der Waals surface area contributed by atoms with Crippen LogP contribution in [0.5, 0.6) is 11.5 Å². The molecular weight excluding hydrogens is 493 g/mol. The van der Waals surface area contributed by atoms with Crippen LogP contribution in [0.4, 0.5) is 30.4 Å². The summed E-state index contributed by atoms with van der Waals surface area (Å²) in [4.78, 5) is 26.4. The van der Waals surface area contributed by atoms with Crippen molar-refractivity contribution in [3.63, 3.8) is 0 Å². The van der Waals surface area contributed by atoms with Gasteiger partial charge in [-0.2, -0.15) is 13.2 Å². The van der Waals surface area contributed by atoms with E-state index < -0.39 is 11.7 Å². The van der Waals surface area contributed by atoms with E-state index in [9.17, 15) is 22.8 Å². The number of nitrogens with zero attached hydrogens (tertiary/aromatic N) is 1. The molecule has 0 radical (unpaired) electrons. The third-order valence-electron chi connectivity index (χ3n) is 5.00. The average Bonchev–Trinajstić information content (AvgIpc) is 3.70. The van der Waals surface area contributed by atoms with E-state index in [1.807, 2.05) is 31.3 Å². The smallest absolute Gasteiger partial charge is 0.416 e. The average molecular weight is 519 g/mol. The Hall–Kier alpha value is -3.73. The van der Waals surface area contributed by atoms with Gasteiger partial charge in [0.2, 0.25) is 12.3 Å². The number of carbonyl (C=O) groups is 2. The van der Waals surface area contributed by atoms with E-state index in [4.69, 9.17) is 4.74 Å². The topological polar surface area (TPSA) is 92.3 Å². The number of pyridine rings is 1. The van der Waals surface area contributed by atoms with Gasteiger partial charge in [-0.3, -0.25) is 9.59 Å². The standard InChI is InChI=1S/C16H17N3O2.C9H8F3NOS/c1-17-12-4-6-13(7-5-12)21-14-8-9-18-15(10-14)19-16(20)11-2-3-11;1-15-8-3-6(9(10,11)12)2-7(4-8)13-5-14/h4-11,17H,2-3H2,1H3,(H,18,19,20);2-5H,1H3,(H,13,14). The van der Waals surface area contributed by atoms with Crippen molar-refractivity contribution < 1.29 is 27.5 Å². The number of thioether (sulfide) groups is 1. The number of amides is 2. The molecule has 0 aliphatic heterocycles. The number of alkyl halides is 3. The van der Waals surface area contributed by atoms with Gasteiger partial charge in [-0.1, -0.05) is 0 Å². The molecule has 0 spiro atoms. The predicted molar refractivity (Wildman–Crippen MR) is 135 cm³/mol. The lowest BCUT2D eigenvalue weighted by atomic mass is 10.2. The van der Waals surface area contributed by atoms with E-state index in [2.05, 4.69) is 20.9 Å². The highest BCUT2D eigenvalue weighted by Crippen LogP contribution is 2.34. The number of nitrogens with one attached hydrogen (secondary N) is 3. The third kappa shape index (κ3) is 8.19. The van der Waals surface area contributed by atoms with Crippen LogP contribution < -0.4 is 20.7 Å². The SMILES string of the molecule is CNc1ccc(Oc2ccnc(NC(=O)C3CC3)c2)cc1.CSc1cc(NC=O)cc(C(F)(F)F)c1. The Kier molecular flexibility index (Phi) is 9.18. The van der Waals surface area contributed by atoms with E-state index >= 15 is 0 Å². The monoisotopic (exact) mass is 518 g/mol. The maximum Gasteiger partial charge on any atom is 0.416 e. The largest absolute Gasteiger partial charge is 0.457 e. The molecule has 3 aromatic rings. The lowest BCUT2D eigenvalue weighted by molar-refractivity contribution is -0.137. The molecule has 190 valence electrons.